The molecule has 2 aliphatic heterocycles. The maximum absolute atomic E-state index is 13.1. The van der Waals surface area contributed by atoms with Gasteiger partial charge in [-0.2, -0.15) is 0 Å². The van der Waals surface area contributed by atoms with Crippen LogP contribution in [0.5, 0.6) is 0 Å². The van der Waals surface area contributed by atoms with Crippen molar-refractivity contribution in [1.29, 1.82) is 0 Å². The van der Waals surface area contributed by atoms with Gasteiger partial charge in [0.1, 0.15) is 5.75 Å². The van der Waals surface area contributed by atoms with Crippen molar-refractivity contribution in [3.63, 3.8) is 0 Å². The molecule has 128 valence electrons. The van der Waals surface area contributed by atoms with Gasteiger partial charge in [0, 0.05) is 23.3 Å². The Bertz CT molecular complexity index is 1040. The minimum atomic E-state index is -4.10. The highest BCUT2D eigenvalue weighted by Crippen LogP contribution is 2.52. The number of hydrogen-bond acceptors (Lipinski definition) is 4. The summed E-state index contributed by atoms with van der Waals surface area (Å²) in [4.78, 5) is 26.1. The largest absolute Gasteiger partial charge is 0.312 e. The summed E-state index contributed by atoms with van der Waals surface area (Å²) in [6.07, 6.45) is 0. The average Bonchev–Trinajstić information content (AvgIpc) is 2.92. The highest BCUT2D eigenvalue weighted by Gasteiger charge is 2.69. The second-order valence-electron chi connectivity index (χ2n) is 5.99. The predicted octanol–water partition coefficient (Wildman–Crippen LogP) is 1.93. The number of amides is 2. The topological polar surface area (TPSA) is 74.8 Å². The third-order valence-electron chi connectivity index (χ3n) is 4.62. The lowest BCUT2D eigenvalue weighted by Gasteiger charge is -2.32. The van der Waals surface area contributed by atoms with Crippen molar-refractivity contribution in [1.82, 2.24) is 0 Å². The van der Waals surface area contributed by atoms with Crippen LogP contribution in [0.1, 0.15) is 5.56 Å². The number of nitrogens with zero attached hydrogens (tertiary/aromatic N) is 2. The maximum atomic E-state index is 13.1. The summed E-state index contributed by atoms with van der Waals surface area (Å²) in [7, 11) is -2.59. The summed E-state index contributed by atoms with van der Waals surface area (Å²) in [6.45, 7) is 0. The van der Waals surface area contributed by atoms with Crippen molar-refractivity contribution in [3.05, 3.63) is 59.1 Å². The molecule has 1 atom stereocenters. The monoisotopic (exact) mass is 376 g/mol. The molecule has 0 unspecified atom stereocenters. The predicted molar refractivity (Wildman–Crippen MR) is 94.3 cm³/mol. The number of hydrogen-bond donors (Lipinski definition) is 0. The van der Waals surface area contributed by atoms with E-state index in [1.165, 1.54) is 18.0 Å². The molecule has 1 spiro atoms. The Balaban J connectivity index is 2.09. The summed E-state index contributed by atoms with van der Waals surface area (Å²) in [6, 6.07) is 12.9. The molecule has 0 N–H and O–H groups in total. The Morgan fingerprint density at radius 1 is 1.08 bits per heavy atom. The standard InChI is InChI=1S/C17H13ClN2O4S/c1-19-14-8-3-2-7-13(14)17(16(19)22)20(15(21)10-25(17,23)24)12-6-4-5-11(18)9-12/h2-9H,10H2,1H3/t17-/m1/s1. The number of carbonyl (C=O) groups excluding carboxylic acids is 2. The molecule has 2 aromatic carbocycles. The Hall–Kier alpha value is -2.38. The van der Waals surface area contributed by atoms with Crippen LogP contribution < -0.4 is 9.80 Å². The molecule has 1 saturated heterocycles. The van der Waals surface area contributed by atoms with E-state index in [1.54, 1.807) is 42.5 Å². The number of likely N-dealkylation sites (N-methyl/N-ethyl adjacent to an activating group) is 1. The minimum absolute atomic E-state index is 0.275. The van der Waals surface area contributed by atoms with E-state index in [1.807, 2.05) is 0 Å². The van der Waals surface area contributed by atoms with E-state index < -0.39 is 32.3 Å². The molecular formula is C17H13ClN2O4S. The number of halogens is 1. The molecule has 25 heavy (non-hydrogen) atoms. The van der Waals surface area contributed by atoms with Crippen molar-refractivity contribution in [2.75, 3.05) is 22.6 Å². The van der Waals surface area contributed by atoms with Gasteiger partial charge in [0.25, 0.3) is 10.8 Å². The van der Waals surface area contributed by atoms with Gasteiger partial charge in [0.2, 0.25) is 5.91 Å². The molecule has 0 aromatic heterocycles. The maximum Gasteiger partial charge on any atom is 0.273 e. The first-order chi connectivity index (χ1) is 11.8. The lowest BCUT2D eigenvalue weighted by atomic mass is 10.0. The Morgan fingerprint density at radius 3 is 2.52 bits per heavy atom. The number of fused-ring (bicyclic) bond motifs is 2. The van der Waals surface area contributed by atoms with Crippen LogP contribution in [-0.4, -0.2) is 33.0 Å². The van der Waals surface area contributed by atoms with Gasteiger partial charge in [-0.1, -0.05) is 35.9 Å². The normalized spacial score (nSPS) is 24.2. The number of sulfone groups is 1. The summed E-state index contributed by atoms with van der Waals surface area (Å²) >= 11 is 6.02. The number of benzene rings is 2. The Morgan fingerprint density at radius 2 is 1.80 bits per heavy atom. The Kier molecular flexibility index (Phi) is 3.26. The van der Waals surface area contributed by atoms with Crippen molar-refractivity contribution in [2.24, 2.45) is 0 Å². The molecule has 8 heteroatoms. The van der Waals surface area contributed by atoms with E-state index in [4.69, 9.17) is 11.6 Å². The number of para-hydroxylation sites is 1. The second-order valence-corrected chi connectivity index (χ2v) is 8.54. The molecule has 2 heterocycles. The SMILES string of the molecule is CN1C(=O)[C@]2(c3ccccc31)N(c1cccc(Cl)c1)C(=O)CS2(=O)=O. The molecule has 0 radical (unpaired) electrons. The van der Waals surface area contributed by atoms with Crippen LogP contribution in [0.2, 0.25) is 5.02 Å². The highest BCUT2D eigenvalue weighted by molar-refractivity contribution is 7.94. The first-order valence-corrected chi connectivity index (χ1v) is 9.52. The smallest absolute Gasteiger partial charge is 0.273 e. The number of carbonyl (C=O) groups is 2. The van der Waals surface area contributed by atoms with Crippen LogP contribution in [0, 0.1) is 0 Å². The molecular weight excluding hydrogens is 364 g/mol. The first-order valence-electron chi connectivity index (χ1n) is 7.49. The lowest BCUT2D eigenvalue weighted by Crippen LogP contribution is -2.53. The molecule has 2 aliphatic rings. The molecule has 2 aromatic rings. The van der Waals surface area contributed by atoms with Crippen LogP contribution in [0.3, 0.4) is 0 Å². The summed E-state index contributed by atoms with van der Waals surface area (Å²) < 4.78 is 26.1. The van der Waals surface area contributed by atoms with Crippen LogP contribution in [0.4, 0.5) is 11.4 Å². The van der Waals surface area contributed by atoms with Crippen molar-refractivity contribution in [2.45, 2.75) is 4.87 Å². The fourth-order valence-corrected chi connectivity index (χ4v) is 5.85. The first kappa shape index (κ1) is 16.1. The molecule has 0 saturated carbocycles. The zero-order chi connectivity index (χ0) is 18.0. The van der Waals surface area contributed by atoms with Gasteiger partial charge >= 0.3 is 0 Å². The zero-order valence-corrected chi connectivity index (χ0v) is 14.7. The quantitative estimate of drug-likeness (QED) is 0.762. The minimum Gasteiger partial charge on any atom is -0.312 e. The zero-order valence-electron chi connectivity index (χ0n) is 13.1. The van der Waals surface area contributed by atoms with Gasteiger partial charge in [-0.3, -0.25) is 14.5 Å². The van der Waals surface area contributed by atoms with Gasteiger partial charge in [-0.15, -0.1) is 0 Å². The number of rotatable bonds is 1. The number of anilines is 2. The molecule has 2 amide bonds. The van der Waals surface area contributed by atoms with Crippen LogP contribution >= 0.6 is 11.6 Å². The lowest BCUT2D eigenvalue weighted by molar-refractivity contribution is -0.123. The molecule has 0 aliphatic carbocycles. The Labute approximate surface area is 149 Å². The van der Waals surface area contributed by atoms with Gasteiger partial charge in [-0.25, -0.2) is 8.42 Å². The van der Waals surface area contributed by atoms with E-state index in [2.05, 4.69) is 0 Å². The summed E-state index contributed by atoms with van der Waals surface area (Å²) in [5.41, 5.74) is 1.03. The van der Waals surface area contributed by atoms with Crippen LogP contribution in [0.15, 0.2) is 48.5 Å². The van der Waals surface area contributed by atoms with Crippen molar-refractivity contribution in [3.8, 4) is 0 Å². The third kappa shape index (κ3) is 1.88. The van der Waals surface area contributed by atoms with E-state index in [9.17, 15) is 18.0 Å². The van der Waals surface area contributed by atoms with E-state index in [-0.39, 0.29) is 11.3 Å². The van der Waals surface area contributed by atoms with Crippen molar-refractivity contribution < 1.29 is 18.0 Å². The van der Waals surface area contributed by atoms with Gasteiger partial charge in [0.05, 0.1) is 5.69 Å². The van der Waals surface area contributed by atoms with E-state index in [0.29, 0.717) is 10.7 Å². The average molecular weight is 377 g/mol. The molecule has 4 rings (SSSR count). The van der Waals surface area contributed by atoms with E-state index in [0.717, 1.165) is 4.90 Å². The summed E-state index contributed by atoms with van der Waals surface area (Å²) in [5.74, 6) is -2.05. The molecule has 1 fully saturated rings. The highest BCUT2D eigenvalue weighted by atomic mass is 35.5. The van der Waals surface area contributed by atoms with Gasteiger partial charge < -0.3 is 4.90 Å². The second kappa shape index (κ2) is 5.06. The van der Waals surface area contributed by atoms with Gasteiger partial charge in [-0.05, 0) is 24.3 Å². The molecule has 0 bridgehead atoms. The fourth-order valence-electron chi connectivity index (χ4n) is 3.61. The molecule has 6 nitrogen and oxygen atoms in total. The van der Waals surface area contributed by atoms with Crippen LogP contribution in [-0.2, 0) is 24.3 Å². The van der Waals surface area contributed by atoms with Crippen LogP contribution in [0.25, 0.3) is 0 Å². The third-order valence-corrected chi connectivity index (χ3v) is 6.96. The summed E-state index contributed by atoms with van der Waals surface area (Å²) in [5, 5.41) is 0.344. The van der Waals surface area contributed by atoms with E-state index >= 15 is 0 Å². The fraction of sp³-hybridized carbons (Fsp3) is 0.176. The van der Waals surface area contributed by atoms with Crippen molar-refractivity contribution >= 4 is 44.6 Å². The van der Waals surface area contributed by atoms with Gasteiger partial charge in [0.15, 0.2) is 9.84 Å².